The number of nitrogens with one attached hydrogen (secondary N) is 1. The highest BCUT2D eigenvalue weighted by atomic mass is 16.5. The van der Waals surface area contributed by atoms with Crippen molar-refractivity contribution in [2.45, 2.75) is 13.3 Å². The van der Waals surface area contributed by atoms with E-state index in [1.54, 1.807) is 42.5 Å². The topological polar surface area (TPSA) is 89.5 Å². The van der Waals surface area contributed by atoms with Crippen LogP contribution in [0.4, 0.5) is 5.69 Å². The smallest absolute Gasteiger partial charge is 0.309 e. The highest BCUT2D eigenvalue weighted by Crippen LogP contribution is 2.38. The third kappa shape index (κ3) is 3.03. The Kier molecular flexibility index (Phi) is 4.11. The number of carbonyl (C=O) groups excluding carboxylic acids is 4. The third-order valence-electron chi connectivity index (χ3n) is 4.98. The highest BCUT2D eigenvalue weighted by Gasteiger charge is 2.40. The number of anilines is 1. The maximum Gasteiger partial charge on any atom is 0.309 e. The van der Waals surface area contributed by atoms with E-state index in [4.69, 9.17) is 4.74 Å². The molecule has 6 heteroatoms. The Morgan fingerprint density at radius 3 is 2.30 bits per heavy atom. The molecule has 1 saturated carbocycles. The molecule has 27 heavy (non-hydrogen) atoms. The maximum absolute atomic E-state index is 12.9. The zero-order valence-electron chi connectivity index (χ0n) is 14.7. The number of hydrogen-bond donors (Lipinski definition) is 1. The van der Waals surface area contributed by atoms with Gasteiger partial charge in [0.25, 0.3) is 5.91 Å². The molecule has 0 radical (unpaired) electrons. The van der Waals surface area contributed by atoms with Crippen LogP contribution in [-0.2, 0) is 14.3 Å². The lowest BCUT2D eigenvalue weighted by molar-refractivity contribution is -0.148. The molecule has 0 bridgehead atoms. The number of hydrogen-bond acceptors (Lipinski definition) is 5. The van der Waals surface area contributed by atoms with Gasteiger partial charge in [-0.05, 0) is 18.4 Å². The fraction of sp³-hybridized carbons (Fsp3) is 0.238. The standard InChI is InChI=1S/C21H17NO5/c1-11-9-15(11)21(26)27-10-17(23)22-16-8-4-7-14-18(16)20(25)13-6-3-2-5-12(13)19(14)24/h2-8,11,15H,9-10H2,1H3,(H,22,23)/t11-,15-/m1/s1. The number of ketones is 2. The number of amides is 1. The van der Waals surface area contributed by atoms with Crippen molar-refractivity contribution in [2.75, 3.05) is 11.9 Å². The fourth-order valence-corrected chi connectivity index (χ4v) is 3.33. The predicted molar refractivity (Wildman–Crippen MR) is 96.6 cm³/mol. The monoisotopic (exact) mass is 363 g/mol. The van der Waals surface area contributed by atoms with E-state index in [-0.39, 0.29) is 40.3 Å². The van der Waals surface area contributed by atoms with Crippen molar-refractivity contribution in [1.29, 1.82) is 0 Å². The molecule has 1 amide bonds. The molecule has 0 saturated heterocycles. The molecule has 0 aromatic heterocycles. The van der Waals surface area contributed by atoms with Gasteiger partial charge in [-0.2, -0.15) is 0 Å². The summed E-state index contributed by atoms with van der Waals surface area (Å²) < 4.78 is 5.02. The minimum absolute atomic E-state index is 0.127. The summed E-state index contributed by atoms with van der Waals surface area (Å²) in [6, 6.07) is 11.3. The predicted octanol–water partition coefficient (Wildman–Crippen LogP) is 2.60. The Labute approximate surface area is 155 Å². The first-order valence-electron chi connectivity index (χ1n) is 8.75. The quantitative estimate of drug-likeness (QED) is 0.720. The van der Waals surface area contributed by atoms with Crippen LogP contribution in [0.1, 0.15) is 45.2 Å². The van der Waals surface area contributed by atoms with Crippen molar-refractivity contribution in [3.8, 4) is 0 Å². The Balaban J connectivity index is 1.55. The van der Waals surface area contributed by atoms with Crippen molar-refractivity contribution in [1.82, 2.24) is 0 Å². The zero-order valence-corrected chi connectivity index (χ0v) is 14.7. The minimum Gasteiger partial charge on any atom is -0.455 e. The number of ether oxygens (including phenoxy) is 1. The first kappa shape index (κ1) is 17.1. The Morgan fingerprint density at radius 2 is 1.63 bits per heavy atom. The molecule has 0 spiro atoms. The van der Waals surface area contributed by atoms with Crippen molar-refractivity contribution in [3.05, 3.63) is 64.7 Å². The fourth-order valence-electron chi connectivity index (χ4n) is 3.33. The zero-order chi connectivity index (χ0) is 19.1. The number of benzene rings is 2. The summed E-state index contributed by atoms with van der Waals surface area (Å²) in [4.78, 5) is 49.5. The molecule has 0 unspecified atom stereocenters. The van der Waals surface area contributed by atoms with E-state index in [0.717, 1.165) is 6.42 Å². The number of fused-ring (bicyclic) bond motifs is 2. The van der Waals surface area contributed by atoms with Gasteiger partial charge in [-0.25, -0.2) is 0 Å². The maximum atomic E-state index is 12.9. The van der Waals surface area contributed by atoms with Crippen molar-refractivity contribution >= 4 is 29.1 Å². The molecule has 2 aliphatic carbocycles. The van der Waals surface area contributed by atoms with Crippen molar-refractivity contribution < 1.29 is 23.9 Å². The van der Waals surface area contributed by atoms with E-state index >= 15 is 0 Å². The summed E-state index contributed by atoms with van der Waals surface area (Å²) in [7, 11) is 0. The number of esters is 1. The lowest BCUT2D eigenvalue weighted by atomic mass is 9.83. The molecule has 0 aliphatic heterocycles. The summed E-state index contributed by atoms with van der Waals surface area (Å²) in [6.45, 7) is 1.52. The van der Waals surface area contributed by atoms with Crippen LogP contribution in [0, 0.1) is 11.8 Å². The van der Waals surface area contributed by atoms with Crippen LogP contribution in [0.3, 0.4) is 0 Å². The van der Waals surface area contributed by atoms with Crippen LogP contribution in [0.5, 0.6) is 0 Å². The van der Waals surface area contributed by atoms with Gasteiger partial charge in [-0.15, -0.1) is 0 Å². The van der Waals surface area contributed by atoms with Gasteiger partial charge >= 0.3 is 5.97 Å². The SMILES string of the molecule is C[C@@H]1C[C@H]1C(=O)OCC(=O)Nc1cccc2c1C(=O)c1ccccc1C2=O. The number of carbonyl (C=O) groups is 4. The molecule has 136 valence electrons. The molecular weight excluding hydrogens is 346 g/mol. The second-order valence-electron chi connectivity index (χ2n) is 6.91. The molecule has 1 fully saturated rings. The van der Waals surface area contributed by atoms with Crippen LogP contribution in [0.25, 0.3) is 0 Å². The van der Waals surface area contributed by atoms with Crippen LogP contribution in [0.2, 0.25) is 0 Å². The second kappa shape index (κ2) is 6.46. The highest BCUT2D eigenvalue weighted by molar-refractivity contribution is 6.30. The molecule has 2 aromatic carbocycles. The molecule has 2 atom stereocenters. The van der Waals surface area contributed by atoms with Gasteiger partial charge in [0.1, 0.15) is 0 Å². The molecule has 1 N–H and O–H groups in total. The van der Waals surface area contributed by atoms with E-state index in [0.29, 0.717) is 17.0 Å². The second-order valence-corrected chi connectivity index (χ2v) is 6.91. The summed E-state index contributed by atoms with van der Waals surface area (Å²) in [5, 5.41) is 2.59. The van der Waals surface area contributed by atoms with Crippen LogP contribution < -0.4 is 5.32 Å². The van der Waals surface area contributed by atoms with Gasteiger partial charge in [0.05, 0.1) is 17.2 Å². The van der Waals surface area contributed by atoms with Crippen LogP contribution in [-0.4, -0.2) is 30.0 Å². The number of rotatable bonds is 4. The lowest BCUT2D eigenvalue weighted by Crippen LogP contribution is -2.26. The molecular formula is C21H17NO5. The van der Waals surface area contributed by atoms with Gasteiger partial charge in [-0.3, -0.25) is 19.2 Å². The summed E-state index contributed by atoms with van der Waals surface area (Å²) in [6.07, 6.45) is 0.780. The average Bonchev–Trinajstić information content (AvgIpc) is 3.41. The van der Waals surface area contributed by atoms with Crippen LogP contribution in [0.15, 0.2) is 42.5 Å². The van der Waals surface area contributed by atoms with Gasteiger partial charge in [0, 0.05) is 16.7 Å². The Morgan fingerprint density at radius 1 is 1.00 bits per heavy atom. The van der Waals surface area contributed by atoms with Crippen molar-refractivity contribution in [2.24, 2.45) is 11.8 Å². The van der Waals surface area contributed by atoms with Gasteiger partial charge in [0.15, 0.2) is 18.2 Å². The van der Waals surface area contributed by atoms with Crippen molar-refractivity contribution in [3.63, 3.8) is 0 Å². The average molecular weight is 363 g/mol. The largest absolute Gasteiger partial charge is 0.455 e. The first-order chi connectivity index (χ1) is 13.0. The van der Waals surface area contributed by atoms with Gasteiger partial charge < -0.3 is 10.1 Å². The summed E-state index contributed by atoms with van der Waals surface area (Å²) in [5.41, 5.74) is 1.31. The Hall–Kier alpha value is -3.28. The van der Waals surface area contributed by atoms with E-state index in [9.17, 15) is 19.2 Å². The van der Waals surface area contributed by atoms with Gasteiger partial charge in [0.2, 0.25) is 0 Å². The van der Waals surface area contributed by atoms with E-state index in [1.165, 1.54) is 0 Å². The van der Waals surface area contributed by atoms with E-state index in [2.05, 4.69) is 5.32 Å². The third-order valence-corrected chi connectivity index (χ3v) is 4.98. The Bertz CT molecular complexity index is 994. The molecule has 6 nitrogen and oxygen atoms in total. The molecule has 0 heterocycles. The minimum atomic E-state index is -0.552. The lowest BCUT2D eigenvalue weighted by Gasteiger charge is -2.20. The van der Waals surface area contributed by atoms with E-state index in [1.807, 2.05) is 6.92 Å². The normalized spacial score (nSPS) is 19.7. The molecule has 2 aliphatic rings. The van der Waals surface area contributed by atoms with Gasteiger partial charge in [-0.1, -0.05) is 43.3 Å². The first-order valence-corrected chi connectivity index (χ1v) is 8.75. The summed E-state index contributed by atoms with van der Waals surface area (Å²) in [5.74, 6) is -1.34. The molecule has 2 aromatic rings. The van der Waals surface area contributed by atoms with E-state index < -0.39 is 12.5 Å². The summed E-state index contributed by atoms with van der Waals surface area (Å²) >= 11 is 0. The molecule has 4 rings (SSSR count). The van der Waals surface area contributed by atoms with Crippen LogP contribution >= 0.6 is 0 Å².